The molecule has 3 N–H and O–H groups in total. The zero-order valence-corrected chi connectivity index (χ0v) is 17.3. The first-order valence-electron chi connectivity index (χ1n) is 10.3. The van der Waals surface area contributed by atoms with Gasteiger partial charge in [0.05, 0.1) is 6.61 Å². The lowest BCUT2D eigenvalue weighted by molar-refractivity contribution is -0.116. The van der Waals surface area contributed by atoms with Gasteiger partial charge in [0, 0.05) is 37.4 Å². The average Bonchev–Trinajstić information content (AvgIpc) is 2.72. The highest BCUT2D eigenvalue weighted by Gasteiger charge is 2.15. The summed E-state index contributed by atoms with van der Waals surface area (Å²) in [7, 11) is 1.63. The number of nitrogens with one attached hydrogen (secondary N) is 3. The highest BCUT2D eigenvalue weighted by molar-refractivity contribution is 5.91. The van der Waals surface area contributed by atoms with Gasteiger partial charge in [-0.1, -0.05) is 19.3 Å². The van der Waals surface area contributed by atoms with E-state index in [1.165, 1.54) is 24.2 Å². The summed E-state index contributed by atoms with van der Waals surface area (Å²) < 4.78 is 4.95. The second kappa shape index (κ2) is 11.9. The third kappa shape index (κ3) is 8.01. The van der Waals surface area contributed by atoms with Gasteiger partial charge in [0.1, 0.15) is 0 Å². The van der Waals surface area contributed by atoms with E-state index in [1.54, 1.807) is 38.2 Å². The van der Waals surface area contributed by atoms with Gasteiger partial charge in [-0.25, -0.2) is 9.59 Å². The monoisotopic (exact) mass is 404 g/mol. The van der Waals surface area contributed by atoms with E-state index in [2.05, 4.69) is 16.0 Å². The maximum atomic E-state index is 12.1. The summed E-state index contributed by atoms with van der Waals surface area (Å²) in [5.41, 5.74) is 1.33. The van der Waals surface area contributed by atoms with E-state index in [1.807, 2.05) is 0 Å². The molecule has 0 bridgehead atoms. The molecular weight excluding hydrogens is 372 g/mol. The molecule has 0 heterocycles. The molecule has 1 aromatic carbocycles. The quantitative estimate of drug-likeness (QED) is 0.576. The summed E-state index contributed by atoms with van der Waals surface area (Å²) >= 11 is 0. The van der Waals surface area contributed by atoms with E-state index < -0.39 is 6.09 Å². The van der Waals surface area contributed by atoms with Crippen molar-refractivity contribution in [1.82, 2.24) is 10.6 Å². The maximum Gasteiger partial charge on any atom is 0.413 e. The highest BCUT2D eigenvalue weighted by Crippen LogP contribution is 2.18. The van der Waals surface area contributed by atoms with Crippen molar-refractivity contribution in [2.24, 2.45) is 0 Å². The van der Waals surface area contributed by atoms with Crippen LogP contribution >= 0.6 is 0 Å². The Morgan fingerprint density at radius 3 is 2.45 bits per heavy atom. The molecule has 2 rings (SSSR count). The number of nitrogens with zero attached hydrogens (tertiary/aromatic N) is 1. The first-order chi connectivity index (χ1) is 14.0. The minimum Gasteiger partial charge on any atom is -0.449 e. The second-order valence-electron chi connectivity index (χ2n) is 7.19. The summed E-state index contributed by atoms with van der Waals surface area (Å²) in [6.07, 6.45) is 6.14. The first-order valence-corrected chi connectivity index (χ1v) is 10.3. The summed E-state index contributed by atoms with van der Waals surface area (Å²) in [5.74, 6) is -0.119. The predicted molar refractivity (Wildman–Crippen MR) is 113 cm³/mol. The molecule has 4 amide bonds. The van der Waals surface area contributed by atoms with Crippen LogP contribution < -0.4 is 20.9 Å². The molecule has 1 aromatic rings. The fourth-order valence-electron chi connectivity index (χ4n) is 3.25. The van der Waals surface area contributed by atoms with Crippen LogP contribution in [0.25, 0.3) is 0 Å². The lowest BCUT2D eigenvalue weighted by Gasteiger charge is -2.22. The van der Waals surface area contributed by atoms with E-state index in [-0.39, 0.29) is 18.0 Å². The lowest BCUT2D eigenvalue weighted by atomic mass is 9.96. The minimum atomic E-state index is -0.427. The highest BCUT2D eigenvalue weighted by atomic mass is 16.6. The molecule has 29 heavy (non-hydrogen) atoms. The van der Waals surface area contributed by atoms with E-state index in [0.29, 0.717) is 37.4 Å². The van der Waals surface area contributed by atoms with Gasteiger partial charge in [-0.15, -0.1) is 0 Å². The van der Waals surface area contributed by atoms with E-state index in [4.69, 9.17) is 4.74 Å². The summed E-state index contributed by atoms with van der Waals surface area (Å²) in [6, 6.07) is 7.07. The van der Waals surface area contributed by atoms with Gasteiger partial charge < -0.3 is 20.7 Å². The number of anilines is 2. The van der Waals surface area contributed by atoms with Gasteiger partial charge in [0.2, 0.25) is 5.91 Å². The van der Waals surface area contributed by atoms with Crippen LogP contribution in [0.5, 0.6) is 0 Å². The molecule has 8 nitrogen and oxygen atoms in total. The Hall–Kier alpha value is -2.77. The number of amides is 4. The Bertz CT molecular complexity index is 672. The molecule has 1 fully saturated rings. The summed E-state index contributed by atoms with van der Waals surface area (Å²) in [4.78, 5) is 37.0. The Morgan fingerprint density at radius 2 is 1.79 bits per heavy atom. The zero-order chi connectivity index (χ0) is 21.1. The number of rotatable bonds is 8. The van der Waals surface area contributed by atoms with Crippen molar-refractivity contribution in [1.29, 1.82) is 0 Å². The van der Waals surface area contributed by atoms with Crippen molar-refractivity contribution < 1.29 is 19.1 Å². The zero-order valence-electron chi connectivity index (χ0n) is 17.3. The van der Waals surface area contributed by atoms with Gasteiger partial charge in [-0.3, -0.25) is 9.69 Å². The molecule has 1 aliphatic carbocycles. The molecule has 0 radical (unpaired) electrons. The Kier molecular flexibility index (Phi) is 9.27. The molecule has 0 spiro atoms. The molecular formula is C21H32N4O4. The standard InChI is InChI=1S/C21H32N4O4/c1-3-29-21(28)25(2)18-13-11-17(12-14-18)23-19(26)10-7-15-22-20(27)24-16-8-5-4-6-9-16/h11-14,16H,3-10,15H2,1-2H3,(H,23,26)(H2,22,24,27). The number of hydrogen-bond donors (Lipinski definition) is 3. The summed E-state index contributed by atoms with van der Waals surface area (Å²) in [6.45, 7) is 2.52. The molecule has 1 saturated carbocycles. The van der Waals surface area contributed by atoms with Gasteiger partial charge in [0.25, 0.3) is 0 Å². The van der Waals surface area contributed by atoms with Gasteiger partial charge in [-0.2, -0.15) is 0 Å². The number of carbonyl (C=O) groups is 3. The van der Waals surface area contributed by atoms with Crippen molar-refractivity contribution in [3.63, 3.8) is 0 Å². The number of ether oxygens (including phenoxy) is 1. The largest absolute Gasteiger partial charge is 0.449 e. The minimum absolute atomic E-state index is 0.119. The predicted octanol–water partition coefficient (Wildman–Crippen LogP) is 3.63. The van der Waals surface area contributed by atoms with Crippen LogP contribution in [0.15, 0.2) is 24.3 Å². The number of urea groups is 1. The maximum absolute atomic E-state index is 12.1. The molecule has 0 unspecified atom stereocenters. The van der Waals surface area contributed by atoms with E-state index in [0.717, 1.165) is 12.8 Å². The normalized spacial score (nSPS) is 14.0. The average molecular weight is 405 g/mol. The molecule has 0 saturated heterocycles. The smallest absolute Gasteiger partial charge is 0.413 e. The third-order valence-electron chi connectivity index (χ3n) is 4.89. The molecule has 8 heteroatoms. The topological polar surface area (TPSA) is 99.8 Å². The second-order valence-corrected chi connectivity index (χ2v) is 7.19. The van der Waals surface area contributed by atoms with Gasteiger partial charge in [0.15, 0.2) is 0 Å². The summed E-state index contributed by atoms with van der Waals surface area (Å²) in [5, 5.41) is 8.61. The number of hydrogen-bond acceptors (Lipinski definition) is 4. The van der Waals surface area contributed by atoms with Crippen molar-refractivity contribution >= 4 is 29.4 Å². The van der Waals surface area contributed by atoms with Crippen molar-refractivity contribution in [2.75, 3.05) is 30.4 Å². The van der Waals surface area contributed by atoms with Gasteiger partial charge >= 0.3 is 12.1 Å². The Morgan fingerprint density at radius 1 is 1.10 bits per heavy atom. The van der Waals surface area contributed by atoms with Crippen LogP contribution in [0.4, 0.5) is 21.0 Å². The fraction of sp³-hybridized carbons (Fsp3) is 0.571. The van der Waals surface area contributed by atoms with Crippen LogP contribution in [0.1, 0.15) is 51.9 Å². The number of carbonyl (C=O) groups excluding carboxylic acids is 3. The SMILES string of the molecule is CCOC(=O)N(C)c1ccc(NC(=O)CCCNC(=O)NC2CCCCC2)cc1. The van der Waals surface area contributed by atoms with Crippen LogP contribution in [0.3, 0.4) is 0 Å². The van der Waals surface area contributed by atoms with Crippen LogP contribution in [-0.4, -0.2) is 44.3 Å². The van der Waals surface area contributed by atoms with Gasteiger partial charge in [-0.05, 0) is 50.5 Å². The lowest BCUT2D eigenvalue weighted by Crippen LogP contribution is -2.43. The first kappa shape index (κ1) is 22.5. The fourth-order valence-corrected chi connectivity index (χ4v) is 3.25. The van der Waals surface area contributed by atoms with Crippen molar-refractivity contribution in [2.45, 2.75) is 57.9 Å². The Labute approximate surface area is 172 Å². The van der Waals surface area contributed by atoms with Crippen LogP contribution in [0, 0.1) is 0 Å². The molecule has 1 aliphatic rings. The van der Waals surface area contributed by atoms with E-state index >= 15 is 0 Å². The number of benzene rings is 1. The molecule has 160 valence electrons. The molecule has 0 aliphatic heterocycles. The van der Waals surface area contributed by atoms with Crippen LogP contribution in [-0.2, 0) is 9.53 Å². The van der Waals surface area contributed by atoms with E-state index in [9.17, 15) is 14.4 Å². The van der Waals surface area contributed by atoms with Crippen molar-refractivity contribution in [3.8, 4) is 0 Å². The molecule has 0 aromatic heterocycles. The Balaban J connectivity index is 1.64. The molecule has 0 atom stereocenters. The third-order valence-corrected chi connectivity index (χ3v) is 4.89. The van der Waals surface area contributed by atoms with Crippen molar-refractivity contribution in [3.05, 3.63) is 24.3 Å². The van der Waals surface area contributed by atoms with Crippen LogP contribution in [0.2, 0.25) is 0 Å².